The molecule has 6 nitrogen and oxygen atoms in total. The van der Waals surface area contributed by atoms with E-state index in [1.807, 2.05) is 31.2 Å². The molecule has 0 spiro atoms. The lowest BCUT2D eigenvalue weighted by Crippen LogP contribution is -2.37. The van der Waals surface area contributed by atoms with E-state index < -0.39 is 11.5 Å². The molecule has 2 heterocycles. The Kier molecular flexibility index (Phi) is 5.06. The molecule has 2 N–H and O–H groups in total. The molecule has 2 amide bonds. The van der Waals surface area contributed by atoms with Crippen LogP contribution in [0, 0.1) is 18.8 Å². The molecule has 0 bridgehead atoms. The highest BCUT2D eigenvalue weighted by atomic mass is 16.3. The van der Waals surface area contributed by atoms with Crippen LogP contribution in [-0.2, 0) is 4.79 Å². The molecule has 140 valence electrons. The van der Waals surface area contributed by atoms with Crippen LogP contribution in [0.3, 0.4) is 0 Å². The third-order valence-corrected chi connectivity index (χ3v) is 4.09. The zero-order valence-corrected chi connectivity index (χ0v) is 15.6. The molecule has 6 heteroatoms. The van der Waals surface area contributed by atoms with Crippen LogP contribution in [0.5, 0.6) is 0 Å². The molecule has 2 aromatic rings. The second kappa shape index (κ2) is 7.29. The van der Waals surface area contributed by atoms with Gasteiger partial charge in [-0.25, -0.2) is 0 Å². The molecule has 0 radical (unpaired) electrons. The van der Waals surface area contributed by atoms with E-state index in [1.165, 1.54) is 6.07 Å². The Morgan fingerprint density at radius 2 is 2.11 bits per heavy atom. The van der Waals surface area contributed by atoms with Gasteiger partial charge >= 0.3 is 0 Å². The number of carbonyl (C=O) groups is 2. The maximum Gasteiger partial charge on any atom is 0.287 e. The van der Waals surface area contributed by atoms with Crippen LogP contribution in [-0.4, -0.2) is 35.1 Å². The molecular formula is C21H22N2O4. The Morgan fingerprint density at radius 1 is 1.33 bits per heavy atom. The number of nitrogens with zero attached hydrogens (tertiary/aromatic N) is 1. The maximum atomic E-state index is 12.4. The van der Waals surface area contributed by atoms with Crippen molar-refractivity contribution in [1.29, 1.82) is 0 Å². The summed E-state index contributed by atoms with van der Waals surface area (Å²) in [7, 11) is 0. The van der Waals surface area contributed by atoms with Gasteiger partial charge in [-0.3, -0.25) is 9.59 Å². The number of benzene rings is 1. The Hall–Kier alpha value is -3.04. The van der Waals surface area contributed by atoms with Gasteiger partial charge < -0.3 is 19.7 Å². The summed E-state index contributed by atoms with van der Waals surface area (Å²) in [6, 6.07) is 10.5. The fraction of sp³-hybridized carbons (Fsp3) is 0.333. The van der Waals surface area contributed by atoms with Crippen molar-refractivity contribution in [2.45, 2.75) is 38.8 Å². The fourth-order valence-corrected chi connectivity index (χ4v) is 2.85. The van der Waals surface area contributed by atoms with Crippen LogP contribution in [0.2, 0.25) is 0 Å². The zero-order chi connectivity index (χ0) is 19.6. The number of aryl methyl sites for hydroxylation is 1. The topological polar surface area (TPSA) is 82.8 Å². The van der Waals surface area contributed by atoms with Gasteiger partial charge in [-0.15, -0.1) is 0 Å². The molecule has 1 saturated heterocycles. The number of amides is 2. The number of aliphatic hydroxyl groups is 1. The Bertz CT molecular complexity index is 927. The van der Waals surface area contributed by atoms with Gasteiger partial charge in [0.25, 0.3) is 5.91 Å². The van der Waals surface area contributed by atoms with Crippen LogP contribution in [0.1, 0.15) is 42.1 Å². The highest BCUT2D eigenvalue weighted by Gasteiger charge is 2.32. The van der Waals surface area contributed by atoms with Crippen molar-refractivity contribution in [3.63, 3.8) is 0 Å². The normalized spacial score (nSPS) is 16.8. The molecule has 3 rings (SSSR count). The average molecular weight is 366 g/mol. The third kappa shape index (κ3) is 4.78. The second-order valence-corrected chi connectivity index (χ2v) is 7.19. The van der Waals surface area contributed by atoms with Gasteiger partial charge in [0.05, 0.1) is 6.04 Å². The van der Waals surface area contributed by atoms with E-state index in [0.29, 0.717) is 12.3 Å². The van der Waals surface area contributed by atoms with E-state index in [0.717, 1.165) is 11.3 Å². The van der Waals surface area contributed by atoms with Gasteiger partial charge in [-0.1, -0.05) is 18.1 Å². The molecule has 0 unspecified atom stereocenters. The lowest BCUT2D eigenvalue weighted by atomic mass is 10.1. The summed E-state index contributed by atoms with van der Waals surface area (Å²) in [6.07, 6.45) is 0.242. The number of carbonyl (C=O) groups excluding carboxylic acids is 2. The highest BCUT2D eigenvalue weighted by Crippen LogP contribution is 2.22. The summed E-state index contributed by atoms with van der Waals surface area (Å²) in [6.45, 7) is 5.51. The molecule has 27 heavy (non-hydrogen) atoms. The molecule has 1 aromatic carbocycles. The minimum atomic E-state index is -1.14. The van der Waals surface area contributed by atoms with Crippen LogP contribution in [0.4, 0.5) is 5.69 Å². The Morgan fingerprint density at radius 3 is 2.81 bits per heavy atom. The minimum absolute atomic E-state index is 0.0259. The summed E-state index contributed by atoms with van der Waals surface area (Å²) in [5, 5.41) is 12.4. The van der Waals surface area contributed by atoms with E-state index >= 15 is 0 Å². The van der Waals surface area contributed by atoms with Gasteiger partial charge in [0.1, 0.15) is 5.60 Å². The lowest BCUT2D eigenvalue weighted by Gasteiger charge is -2.17. The summed E-state index contributed by atoms with van der Waals surface area (Å²) < 4.78 is 5.41. The van der Waals surface area contributed by atoms with Crippen molar-refractivity contribution in [3.8, 4) is 11.8 Å². The number of rotatable bonds is 3. The number of hydrogen-bond acceptors (Lipinski definition) is 4. The van der Waals surface area contributed by atoms with Crippen molar-refractivity contribution < 1.29 is 19.1 Å². The summed E-state index contributed by atoms with van der Waals surface area (Å²) in [5.74, 6) is 5.31. The van der Waals surface area contributed by atoms with Crippen molar-refractivity contribution in [2.24, 2.45) is 0 Å². The third-order valence-electron chi connectivity index (χ3n) is 4.09. The van der Waals surface area contributed by atoms with Crippen molar-refractivity contribution >= 4 is 17.5 Å². The molecule has 1 aliphatic rings. The lowest BCUT2D eigenvalue weighted by molar-refractivity contribution is -0.117. The molecule has 1 aliphatic heterocycles. The first kappa shape index (κ1) is 18.7. The van der Waals surface area contributed by atoms with Crippen molar-refractivity contribution in [3.05, 3.63) is 53.5 Å². The summed E-state index contributed by atoms with van der Waals surface area (Å²) in [5.41, 5.74) is 0.764. The largest absolute Gasteiger partial charge is 0.443 e. The van der Waals surface area contributed by atoms with Gasteiger partial charge in [0, 0.05) is 18.7 Å². The molecule has 0 saturated carbocycles. The average Bonchev–Trinajstić information content (AvgIpc) is 3.19. The second-order valence-electron chi connectivity index (χ2n) is 7.19. The number of nitrogens with one attached hydrogen (secondary N) is 1. The summed E-state index contributed by atoms with van der Waals surface area (Å²) >= 11 is 0. The predicted octanol–water partition coefficient (Wildman–Crippen LogP) is 2.25. The highest BCUT2D eigenvalue weighted by molar-refractivity contribution is 5.98. The first-order chi connectivity index (χ1) is 12.7. The van der Waals surface area contributed by atoms with E-state index in [2.05, 4.69) is 17.2 Å². The van der Waals surface area contributed by atoms with Crippen LogP contribution in [0.15, 0.2) is 40.8 Å². The SMILES string of the molecule is Cc1cccc(N2C[C@H](NC(=O)c3ccc(C#CC(C)(C)O)o3)CC2=O)c1. The quantitative estimate of drug-likeness (QED) is 0.816. The molecule has 1 aromatic heterocycles. The molecule has 1 fully saturated rings. The first-order valence-corrected chi connectivity index (χ1v) is 8.74. The number of furan rings is 1. The van der Waals surface area contributed by atoms with Crippen LogP contribution in [0.25, 0.3) is 0 Å². The van der Waals surface area contributed by atoms with Gasteiger partial charge in [-0.2, -0.15) is 0 Å². The first-order valence-electron chi connectivity index (χ1n) is 8.74. The Balaban J connectivity index is 1.64. The minimum Gasteiger partial charge on any atom is -0.443 e. The molecular weight excluding hydrogens is 344 g/mol. The predicted molar refractivity (Wildman–Crippen MR) is 101 cm³/mol. The van der Waals surface area contributed by atoms with Gasteiger partial charge in [-0.05, 0) is 56.5 Å². The smallest absolute Gasteiger partial charge is 0.287 e. The van der Waals surface area contributed by atoms with Gasteiger partial charge in [0.15, 0.2) is 11.5 Å². The maximum absolute atomic E-state index is 12.4. The fourth-order valence-electron chi connectivity index (χ4n) is 2.85. The monoisotopic (exact) mass is 366 g/mol. The van der Waals surface area contributed by atoms with E-state index in [9.17, 15) is 14.7 Å². The van der Waals surface area contributed by atoms with Crippen molar-refractivity contribution in [2.75, 3.05) is 11.4 Å². The molecule has 0 aliphatic carbocycles. The zero-order valence-electron chi connectivity index (χ0n) is 15.6. The van der Waals surface area contributed by atoms with Crippen molar-refractivity contribution in [1.82, 2.24) is 5.32 Å². The standard InChI is InChI=1S/C21H22N2O4/c1-14-5-4-6-16(11-14)23-13-15(12-19(23)24)22-20(25)18-8-7-17(27-18)9-10-21(2,3)26/h4-8,11,15,26H,12-13H2,1-3H3,(H,22,25)/t15-/m1/s1. The Labute approximate surface area is 158 Å². The summed E-state index contributed by atoms with van der Waals surface area (Å²) in [4.78, 5) is 26.4. The van der Waals surface area contributed by atoms with E-state index in [4.69, 9.17) is 4.42 Å². The number of hydrogen-bond donors (Lipinski definition) is 2. The van der Waals surface area contributed by atoms with Gasteiger partial charge in [0.2, 0.25) is 5.91 Å². The molecule has 1 atom stereocenters. The van der Waals surface area contributed by atoms with Crippen LogP contribution < -0.4 is 10.2 Å². The van der Waals surface area contributed by atoms with Crippen LogP contribution >= 0.6 is 0 Å². The van der Waals surface area contributed by atoms with E-state index in [-0.39, 0.29) is 24.1 Å². The van der Waals surface area contributed by atoms with E-state index in [1.54, 1.807) is 24.8 Å². The number of anilines is 1.